The van der Waals surface area contributed by atoms with Gasteiger partial charge in [0.25, 0.3) is 11.8 Å². The fourth-order valence-electron chi connectivity index (χ4n) is 5.76. The van der Waals surface area contributed by atoms with Gasteiger partial charge in [0.2, 0.25) is 23.7 Å². The lowest BCUT2D eigenvalue weighted by Crippen LogP contribution is -2.20. The standard InChI is InChI=1S/C34H36N12O4/c1-5-45-27(15-19(3)41-45)31(49)39-33-37-23-17-21(29(35)47)9-11-25(23)43(33)13-7-8-14-44-26-12-10-22(30(36)48)18-24(26)38-34(44)40-32(50)28-16-20(4)42-46(28)6-2/h7-12,15-18H,5-6,13-14H2,1-4H3,(H2,35,47)(H2,36,48)(H,37,39,49)(H,38,40,50)/b8-7+. The number of primary amides is 2. The number of hydrogen-bond donors (Lipinski definition) is 4. The molecule has 16 heteroatoms. The number of fused-ring (bicyclic) bond motifs is 2. The molecule has 0 aliphatic carbocycles. The summed E-state index contributed by atoms with van der Waals surface area (Å²) in [7, 11) is 0. The average molecular weight is 677 g/mol. The van der Waals surface area contributed by atoms with Crippen molar-refractivity contribution in [2.75, 3.05) is 10.6 Å². The predicted octanol–water partition coefficient (Wildman–Crippen LogP) is 3.39. The van der Waals surface area contributed by atoms with Gasteiger partial charge in [0, 0.05) is 37.3 Å². The molecule has 0 unspecified atom stereocenters. The van der Waals surface area contributed by atoms with E-state index in [1.54, 1.807) is 67.0 Å². The van der Waals surface area contributed by atoms with Crippen LogP contribution in [-0.2, 0) is 26.2 Å². The molecular weight excluding hydrogens is 640 g/mol. The minimum Gasteiger partial charge on any atom is -0.366 e. The van der Waals surface area contributed by atoms with Crippen LogP contribution >= 0.6 is 0 Å². The third-order valence-corrected chi connectivity index (χ3v) is 8.13. The molecule has 4 aromatic heterocycles. The average Bonchev–Trinajstić information content (AvgIpc) is 3.84. The Balaban J connectivity index is 1.32. The van der Waals surface area contributed by atoms with Gasteiger partial charge in [-0.05, 0) is 76.2 Å². The smallest absolute Gasteiger partial charge is 0.276 e. The number of nitrogens with two attached hydrogens (primary N) is 2. The van der Waals surface area contributed by atoms with Crippen LogP contribution in [0.3, 0.4) is 0 Å². The monoisotopic (exact) mass is 676 g/mol. The van der Waals surface area contributed by atoms with Crippen molar-refractivity contribution in [1.29, 1.82) is 0 Å². The number of hydrogen-bond acceptors (Lipinski definition) is 8. The van der Waals surface area contributed by atoms with E-state index in [4.69, 9.17) is 11.5 Å². The van der Waals surface area contributed by atoms with Gasteiger partial charge in [-0.1, -0.05) is 12.2 Å². The number of anilines is 2. The van der Waals surface area contributed by atoms with E-state index in [-0.39, 0.29) is 47.9 Å². The minimum absolute atomic E-state index is 0.264. The fourth-order valence-corrected chi connectivity index (χ4v) is 5.76. The highest BCUT2D eigenvalue weighted by Crippen LogP contribution is 2.24. The highest BCUT2D eigenvalue weighted by atomic mass is 16.2. The van der Waals surface area contributed by atoms with Crippen molar-refractivity contribution < 1.29 is 19.2 Å². The molecule has 6 aromatic rings. The maximum Gasteiger partial charge on any atom is 0.276 e. The number of allylic oxidation sites excluding steroid dienone is 2. The number of nitrogens with zero attached hydrogens (tertiary/aromatic N) is 8. The Labute approximate surface area is 285 Å². The topological polar surface area (TPSA) is 216 Å². The quantitative estimate of drug-likeness (QED) is 0.141. The summed E-state index contributed by atoms with van der Waals surface area (Å²) in [4.78, 5) is 59.7. The molecule has 4 amide bonds. The fraction of sp³-hybridized carbons (Fsp3) is 0.235. The number of carbonyl (C=O) groups is 4. The van der Waals surface area contributed by atoms with Crippen molar-refractivity contribution in [1.82, 2.24) is 38.7 Å². The highest BCUT2D eigenvalue weighted by Gasteiger charge is 2.20. The van der Waals surface area contributed by atoms with Crippen molar-refractivity contribution in [2.45, 2.75) is 53.9 Å². The molecular formula is C34H36N12O4. The molecule has 6 rings (SSSR count). The van der Waals surface area contributed by atoms with Crippen molar-refractivity contribution >= 4 is 57.6 Å². The summed E-state index contributed by atoms with van der Waals surface area (Å²) >= 11 is 0. The highest BCUT2D eigenvalue weighted by molar-refractivity contribution is 6.04. The van der Waals surface area contributed by atoms with Gasteiger partial charge in [-0.25, -0.2) is 9.97 Å². The van der Waals surface area contributed by atoms with Gasteiger partial charge in [-0.3, -0.25) is 39.2 Å². The first-order chi connectivity index (χ1) is 24.0. The van der Waals surface area contributed by atoms with E-state index in [2.05, 4.69) is 30.8 Å². The lowest BCUT2D eigenvalue weighted by atomic mass is 10.2. The van der Waals surface area contributed by atoms with Gasteiger partial charge in [-0.15, -0.1) is 0 Å². The van der Waals surface area contributed by atoms with Crippen molar-refractivity contribution in [3.05, 3.63) is 94.6 Å². The second-order valence-corrected chi connectivity index (χ2v) is 11.6. The van der Waals surface area contributed by atoms with Gasteiger partial charge in [0.05, 0.1) is 33.5 Å². The second-order valence-electron chi connectivity index (χ2n) is 11.6. The summed E-state index contributed by atoms with van der Waals surface area (Å²) in [6.45, 7) is 8.99. The Hall–Kier alpha value is -6.58. The van der Waals surface area contributed by atoms with Crippen LogP contribution in [0.25, 0.3) is 22.1 Å². The molecule has 50 heavy (non-hydrogen) atoms. The number of carbonyl (C=O) groups excluding carboxylic acids is 4. The minimum atomic E-state index is -0.595. The van der Waals surface area contributed by atoms with Crippen molar-refractivity contribution in [3.8, 4) is 0 Å². The predicted molar refractivity (Wildman–Crippen MR) is 187 cm³/mol. The summed E-state index contributed by atoms with van der Waals surface area (Å²) in [6, 6.07) is 13.2. The first kappa shape index (κ1) is 33.3. The maximum absolute atomic E-state index is 13.4. The zero-order valence-corrected chi connectivity index (χ0v) is 28.0. The Morgan fingerprint density at radius 2 is 1.06 bits per heavy atom. The van der Waals surface area contributed by atoms with Gasteiger partial charge in [0.15, 0.2) is 0 Å². The van der Waals surface area contributed by atoms with Crippen molar-refractivity contribution in [3.63, 3.8) is 0 Å². The third-order valence-electron chi connectivity index (χ3n) is 8.13. The number of nitrogens with one attached hydrogen (secondary N) is 2. The molecule has 0 fully saturated rings. The molecule has 0 bridgehead atoms. The molecule has 4 heterocycles. The number of aromatic nitrogens is 8. The molecule has 0 radical (unpaired) electrons. The molecule has 16 nitrogen and oxygen atoms in total. The van der Waals surface area contributed by atoms with Crippen LogP contribution in [0.1, 0.15) is 66.9 Å². The Morgan fingerprint density at radius 3 is 1.42 bits per heavy atom. The summed E-state index contributed by atoms with van der Waals surface area (Å²) in [5.74, 6) is -1.43. The van der Waals surface area contributed by atoms with E-state index in [1.807, 2.05) is 39.8 Å². The number of rotatable bonds is 12. The Kier molecular flexibility index (Phi) is 9.00. The van der Waals surface area contributed by atoms with Crippen LogP contribution in [0.15, 0.2) is 60.7 Å². The molecule has 0 aliphatic heterocycles. The van der Waals surface area contributed by atoms with E-state index in [1.165, 1.54) is 0 Å². The zero-order valence-electron chi connectivity index (χ0n) is 28.0. The number of aryl methyl sites for hydroxylation is 4. The normalized spacial score (nSPS) is 11.5. The summed E-state index contributed by atoms with van der Waals surface area (Å²) < 4.78 is 6.82. The molecule has 0 saturated carbocycles. The number of imidazole rings is 2. The van der Waals surface area contributed by atoms with Crippen LogP contribution in [-0.4, -0.2) is 62.3 Å². The lowest BCUT2D eigenvalue weighted by molar-refractivity contribution is 0.0992. The van der Waals surface area contributed by atoms with Gasteiger partial charge >= 0.3 is 0 Å². The summed E-state index contributed by atoms with van der Waals surface area (Å²) in [5, 5.41) is 14.5. The Morgan fingerprint density at radius 1 is 0.660 bits per heavy atom. The number of benzene rings is 2. The second kappa shape index (κ2) is 13.5. The summed E-state index contributed by atoms with van der Waals surface area (Å²) in [6.07, 6.45) is 3.76. The first-order valence-electron chi connectivity index (χ1n) is 15.9. The molecule has 6 N–H and O–H groups in total. The zero-order chi connectivity index (χ0) is 35.7. The van der Waals surface area contributed by atoms with Gasteiger partial charge in [-0.2, -0.15) is 10.2 Å². The molecule has 2 aromatic carbocycles. The van der Waals surface area contributed by atoms with E-state index in [9.17, 15) is 19.2 Å². The van der Waals surface area contributed by atoms with Crippen LogP contribution in [0, 0.1) is 13.8 Å². The van der Waals surface area contributed by atoms with Crippen LogP contribution in [0.5, 0.6) is 0 Å². The maximum atomic E-state index is 13.4. The largest absolute Gasteiger partial charge is 0.366 e. The van der Waals surface area contributed by atoms with E-state index >= 15 is 0 Å². The molecule has 256 valence electrons. The van der Waals surface area contributed by atoms with Gasteiger partial charge in [0.1, 0.15) is 11.4 Å². The van der Waals surface area contributed by atoms with E-state index in [0.717, 1.165) is 0 Å². The van der Waals surface area contributed by atoms with E-state index in [0.29, 0.717) is 57.9 Å². The van der Waals surface area contributed by atoms with Gasteiger partial charge < -0.3 is 20.6 Å². The first-order valence-corrected chi connectivity index (χ1v) is 15.9. The summed E-state index contributed by atoms with van der Waals surface area (Å²) in [5.41, 5.74) is 16.1. The molecule has 0 atom stereocenters. The van der Waals surface area contributed by atoms with E-state index < -0.39 is 11.8 Å². The molecule has 0 aliphatic rings. The van der Waals surface area contributed by atoms with Crippen LogP contribution in [0.4, 0.5) is 11.9 Å². The lowest BCUT2D eigenvalue weighted by Gasteiger charge is -2.10. The SMILES string of the molecule is CCn1nc(C)cc1C(=O)Nc1nc2cc(C(N)=O)ccc2n1C/C=C/Cn1c(NC(=O)c2cc(C)nn2CC)nc2cc(C(N)=O)ccc21. The Bertz CT molecular complexity index is 2180. The molecule has 0 saturated heterocycles. The van der Waals surface area contributed by atoms with Crippen LogP contribution in [0.2, 0.25) is 0 Å². The number of amides is 4. The van der Waals surface area contributed by atoms with Crippen molar-refractivity contribution in [2.24, 2.45) is 11.5 Å². The van der Waals surface area contributed by atoms with Crippen LogP contribution < -0.4 is 22.1 Å². The molecule has 0 spiro atoms. The third kappa shape index (κ3) is 6.45.